The average Bonchev–Trinajstić information content (AvgIpc) is 2.79. The summed E-state index contributed by atoms with van der Waals surface area (Å²) in [6.07, 6.45) is 3.13. The predicted octanol–water partition coefficient (Wildman–Crippen LogP) is 0.943. The van der Waals surface area contributed by atoms with Crippen LogP contribution in [0.2, 0.25) is 0 Å². The molecule has 0 radical (unpaired) electrons. The van der Waals surface area contributed by atoms with E-state index in [0.29, 0.717) is 16.4 Å². The number of nitrogens with zero attached hydrogens (tertiary/aromatic N) is 1. The first kappa shape index (κ1) is 13.1. The van der Waals surface area contributed by atoms with Gasteiger partial charge in [-0.2, -0.15) is 0 Å². The third-order valence-corrected chi connectivity index (χ3v) is 3.16. The molecule has 0 bridgehead atoms. The van der Waals surface area contributed by atoms with Crippen molar-refractivity contribution in [2.24, 2.45) is 0 Å². The van der Waals surface area contributed by atoms with E-state index in [2.05, 4.69) is 20.0 Å². The molecule has 0 atom stereocenters. The minimum Gasteiger partial charge on any atom is -0.495 e. The summed E-state index contributed by atoms with van der Waals surface area (Å²) >= 11 is 1.05. The number of hydrogen-bond acceptors (Lipinski definition) is 6. The Morgan fingerprint density at radius 3 is 2.95 bits per heavy atom. The van der Waals surface area contributed by atoms with Gasteiger partial charge in [0.05, 0.1) is 25.2 Å². The summed E-state index contributed by atoms with van der Waals surface area (Å²) in [6, 6.07) is 1.71. The number of carbonyl (C=O) groups excluding carboxylic acids is 1. The van der Waals surface area contributed by atoms with Gasteiger partial charge in [-0.15, -0.1) is 0 Å². The zero-order valence-corrected chi connectivity index (χ0v) is 11.1. The maximum Gasteiger partial charge on any atom is 0.273 e. The number of H-pyrrole nitrogens is 1. The van der Waals surface area contributed by atoms with E-state index in [0.717, 1.165) is 11.5 Å². The van der Waals surface area contributed by atoms with Crippen LogP contribution >= 0.6 is 11.5 Å². The Bertz CT molecular complexity index is 649. The molecule has 0 spiro atoms. The van der Waals surface area contributed by atoms with E-state index in [1.807, 2.05) is 0 Å². The Kier molecular flexibility index (Phi) is 3.81. The lowest BCUT2D eigenvalue weighted by atomic mass is 10.3. The number of hydrogen-bond donors (Lipinski definition) is 3. The average molecular weight is 280 g/mol. The molecule has 1 amide bonds. The van der Waals surface area contributed by atoms with Crippen LogP contribution in [0.5, 0.6) is 5.75 Å². The first-order chi connectivity index (χ1) is 9.15. The lowest BCUT2D eigenvalue weighted by Gasteiger charge is -2.06. The molecular formula is C11H12N4O3S. The first-order valence-corrected chi connectivity index (χ1v) is 6.17. The summed E-state index contributed by atoms with van der Waals surface area (Å²) in [4.78, 5) is 27.2. The van der Waals surface area contributed by atoms with Crippen molar-refractivity contribution in [2.45, 2.75) is 0 Å². The monoisotopic (exact) mass is 280 g/mol. The maximum atomic E-state index is 11.6. The van der Waals surface area contributed by atoms with Crippen molar-refractivity contribution in [1.82, 2.24) is 14.7 Å². The van der Waals surface area contributed by atoms with Gasteiger partial charge in [0.15, 0.2) is 0 Å². The molecule has 2 aromatic rings. The number of aromatic nitrogens is 2. The van der Waals surface area contributed by atoms with Gasteiger partial charge in [0.1, 0.15) is 16.3 Å². The number of rotatable bonds is 4. The van der Waals surface area contributed by atoms with E-state index in [1.54, 1.807) is 18.5 Å². The molecule has 0 unspecified atom stereocenters. The van der Waals surface area contributed by atoms with Crippen LogP contribution in [-0.4, -0.2) is 29.4 Å². The smallest absolute Gasteiger partial charge is 0.273 e. The lowest BCUT2D eigenvalue weighted by molar-refractivity contribution is 0.0963. The van der Waals surface area contributed by atoms with E-state index < -0.39 is 11.5 Å². The summed E-state index contributed by atoms with van der Waals surface area (Å²) in [5.74, 6) is 0.134. The molecule has 2 aromatic heterocycles. The van der Waals surface area contributed by atoms with Gasteiger partial charge in [-0.1, -0.05) is 0 Å². The van der Waals surface area contributed by atoms with E-state index in [1.165, 1.54) is 14.2 Å². The fraction of sp³-hybridized carbons (Fsp3) is 0.182. The third kappa shape index (κ3) is 2.74. The molecule has 8 heteroatoms. The highest BCUT2D eigenvalue weighted by Crippen LogP contribution is 2.24. The van der Waals surface area contributed by atoms with Crippen molar-refractivity contribution in [2.75, 3.05) is 19.5 Å². The Morgan fingerprint density at radius 2 is 2.26 bits per heavy atom. The van der Waals surface area contributed by atoms with Crippen molar-refractivity contribution in [3.8, 4) is 5.75 Å². The molecule has 0 saturated heterocycles. The Hall–Kier alpha value is -2.35. The summed E-state index contributed by atoms with van der Waals surface area (Å²) in [6.45, 7) is 0. The van der Waals surface area contributed by atoms with Crippen molar-refractivity contribution >= 4 is 28.1 Å². The van der Waals surface area contributed by atoms with Crippen LogP contribution in [-0.2, 0) is 0 Å². The van der Waals surface area contributed by atoms with Gasteiger partial charge in [0, 0.05) is 13.1 Å². The number of aromatic amines is 1. The highest BCUT2D eigenvalue weighted by molar-refractivity contribution is 7.10. The van der Waals surface area contributed by atoms with Crippen molar-refractivity contribution in [1.29, 1.82) is 0 Å². The van der Waals surface area contributed by atoms with Gasteiger partial charge in [-0.25, -0.2) is 0 Å². The van der Waals surface area contributed by atoms with Crippen LogP contribution in [0.4, 0.5) is 10.7 Å². The quantitative estimate of drug-likeness (QED) is 0.774. The maximum absolute atomic E-state index is 11.6. The molecule has 0 aliphatic carbocycles. The van der Waals surface area contributed by atoms with Crippen LogP contribution in [0.15, 0.2) is 23.3 Å². The predicted molar refractivity (Wildman–Crippen MR) is 72.4 cm³/mol. The molecule has 19 heavy (non-hydrogen) atoms. The van der Waals surface area contributed by atoms with Gasteiger partial charge in [-0.3, -0.25) is 18.9 Å². The Balaban J connectivity index is 2.33. The second kappa shape index (κ2) is 5.53. The summed E-state index contributed by atoms with van der Waals surface area (Å²) in [5, 5.41) is 5.82. The number of anilines is 2. The largest absolute Gasteiger partial charge is 0.495 e. The minimum absolute atomic E-state index is 0.0512. The van der Waals surface area contributed by atoms with Gasteiger partial charge in [0.25, 0.3) is 11.5 Å². The van der Waals surface area contributed by atoms with Crippen LogP contribution in [0, 0.1) is 0 Å². The zero-order valence-electron chi connectivity index (χ0n) is 10.3. The second-order valence-corrected chi connectivity index (χ2v) is 4.37. The highest BCUT2D eigenvalue weighted by atomic mass is 32.1. The second-order valence-electron chi connectivity index (χ2n) is 3.55. The lowest BCUT2D eigenvalue weighted by Crippen LogP contribution is -2.24. The highest BCUT2D eigenvalue weighted by Gasteiger charge is 2.17. The van der Waals surface area contributed by atoms with Gasteiger partial charge in [-0.05, 0) is 11.5 Å². The third-order valence-electron chi connectivity index (χ3n) is 2.36. The van der Waals surface area contributed by atoms with Crippen LogP contribution in [0.1, 0.15) is 10.4 Å². The summed E-state index contributed by atoms with van der Waals surface area (Å²) in [5.41, 5.74) is 0.248. The molecule has 100 valence electrons. The number of pyridine rings is 1. The molecule has 0 aliphatic rings. The molecule has 2 heterocycles. The van der Waals surface area contributed by atoms with Crippen molar-refractivity contribution in [3.63, 3.8) is 0 Å². The van der Waals surface area contributed by atoms with E-state index in [4.69, 9.17) is 4.74 Å². The molecule has 0 saturated carbocycles. The molecule has 0 aliphatic heterocycles. The number of amides is 1. The van der Waals surface area contributed by atoms with Crippen LogP contribution in [0.25, 0.3) is 0 Å². The summed E-state index contributed by atoms with van der Waals surface area (Å²) in [7, 11) is 3.00. The van der Waals surface area contributed by atoms with Gasteiger partial charge < -0.3 is 15.4 Å². The molecule has 0 fully saturated rings. The van der Waals surface area contributed by atoms with Crippen molar-refractivity contribution in [3.05, 3.63) is 34.4 Å². The molecule has 7 nitrogen and oxygen atoms in total. The van der Waals surface area contributed by atoms with E-state index in [-0.39, 0.29) is 5.56 Å². The van der Waals surface area contributed by atoms with Gasteiger partial charge in [0.2, 0.25) is 0 Å². The fourth-order valence-electron chi connectivity index (χ4n) is 1.45. The summed E-state index contributed by atoms with van der Waals surface area (Å²) < 4.78 is 7.56. The fourth-order valence-corrected chi connectivity index (χ4v) is 2.20. The zero-order chi connectivity index (χ0) is 13.8. The number of nitrogens with one attached hydrogen (secondary N) is 3. The normalized spacial score (nSPS) is 10.0. The van der Waals surface area contributed by atoms with Crippen LogP contribution < -0.4 is 20.9 Å². The Labute approximate surface area is 112 Å². The molecule has 2 rings (SSSR count). The topological polar surface area (TPSA) is 96.1 Å². The van der Waals surface area contributed by atoms with Crippen LogP contribution in [0.3, 0.4) is 0 Å². The standard InChI is InChI=1S/C11H12N4O3S/c1-12-9(16)8-10(17)15-19-11(8)14-6-3-7(18-2)5-13-4-6/h3-5,14H,1-2H3,(H,12,16)(H,15,17). The number of carbonyl (C=O) groups is 1. The minimum atomic E-state index is -0.444. The molecular weight excluding hydrogens is 268 g/mol. The number of methoxy groups -OCH3 is 1. The van der Waals surface area contributed by atoms with Gasteiger partial charge >= 0.3 is 0 Å². The molecule has 0 aromatic carbocycles. The Morgan fingerprint density at radius 1 is 1.47 bits per heavy atom. The SMILES string of the molecule is CNC(=O)c1c(Nc2cncc(OC)c2)s[nH]c1=O. The molecule has 3 N–H and O–H groups in total. The first-order valence-electron chi connectivity index (χ1n) is 5.35. The van der Waals surface area contributed by atoms with Crippen molar-refractivity contribution < 1.29 is 9.53 Å². The van der Waals surface area contributed by atoms with E-state index in [9.17, 15) is 9.59 Å². The number of ether oxygens (including phenoxy) is 1. The van der Waals surface area contributed by atoms with E-state index >= 15 is 0 Å².